The fourth-order valence-corrected chi connectivity index (χ4v) is 2.86. The molecule has 9 heteroatoms. The summed E-state index contributed by atoms with van der Waals surface area (Å²) < 4.78 is 31.2. The predicted molar refractivity (Wildman–Crippen MR) is 115 cm³/mol. The molecular weight excluding hydrogens is 406 g/mol. The van der Waals surface area contributed by atoms with Gasteiger partial charge in [0.15, 0.2) is 23.0 Å². The fraction of sp³-hybridized carbons (Fsp3) is 0.273. The van der Waals surface area contributed by atoms with E-state index in [0.717, 1.165) is 0 Å². The van der Waals surface area contributed by atoms with Crippen LogP contribution >= 0.6 is 0 Å². The molecule has 0 unspecified atom stereocenters. The Kier molecular flexibility index (Phi) is 8.13. The molecule has 0 radical (unpaired) electrons. The van der Waals surface area contributed by atoms with E-state index in [-0.39, 0.29) is 11.3 Å². The van der Waals surface area contributed by atoms with E-state index in [1.54, 1.807) is 18.2 Å². The van der Waals surface area contributed by atoms with Crippen LogP contribution in [-0.2, 0) is 9.53 Å². The van der Waals surface area contributed by atoms with Crippen LogP contribution < -0.4 is 29.0 Å². The third-order valence-electron chi connectivity index (χ3n) is 4.34. The highest BCUT2D eigenvalue weighted by atomic mass is 16.5. The highest BCUT2D eigenvalue weighted by Crippen LogP contribution is 2.40. The van der Waals surface area contributed by atoms with Crippen LogP contribution in [0.1, 0.15) is 15.9 Å². The minimum atomic E-state index is -0.637. The van der Waals surface area contributed by atoms with Gasteiger partial charge in [-0.25, -0.2) is 4.79 Å². The second kappa shape index (κ2) is 10.8. The quantitative estimate of drug-likeness (QED) is 0.477. The first-order valence-corrected chi connectivity index (χ1v) is 9.06. The molecule has 0 atom stereocenters. The summed E-state index contributed by atoms with van der Waals surface area (Å²) in [7, 11) is 8.63. The maximum absolute atomic E-state index is 12.6. The van der Waals surface area contributed by atoms with Gasteiger partial charge in [-0.1, -0.05) is 0 Å². The van der Waals surface area contributed by atoms with Gasteiger partial charge in [0.1, 0.15) is 0 Å². The molecule has 0 aliphatic heterocycles. The lowest BCUT2D eigenvalue weighted by Gasteiger charge is -2.14. The molecule has 2 aromatic rings. The smallest absolute Gasteiger partial charge is 0.340 e. The summed E-state index contributed by atoms with van der Waals surface area (Å²) in [4.78, 5) is 24.7. The van der Waals surface area contributed by atoms with Gasteiger partial charge in [0.05, 0.1) is 53.9 Å². The molecule has 9 nitrogen and oxygen atoms in total. The molecule has 1 amide bonds. The van der Waals surface area contributed by atoms with Gasteiger partial charge in [-0.3, -0.25) is 4.79 Å². The Morgan fingerprint density at radius 1 is 0.774 bits per heavy atom. The Morgan fingerprint density at radius 2 is 1.39 bits per heavy atom. The molecule has 2 aromatic carbocycles. The summed E-state index contributed by atoms with van der Waals surface area (Å²) in [5.41, 5.74) is 0.917. The number of amides is 1. The number of ether oxygens (including phenoxy) is 6. The first-order valence-electron chi connectivity index (χ1n) is 9.06. The molecule has 2 rings (SSSR count). The van der Waals surface area contributed by atoms with Gasteiger partial charge in [-0.05, 0) is 18.2 Å². The van der Waals surface area contributed by atoms with E-state index in [4.69, 9.17) is 28.4 Å². The molecule has 0 spiro atoms. The van der Waals surface area contributed by atoms with Crippen molar-refractivity contribution in [2.45, 2.75) is 0 Å². The fourth-order valence-electron chi connectivity index (χ4n) is 2.86. The van der Waals surface area contributed by atoms with Crippen molar-refractivity contribution < 1.29 is 38.0 Å². The molecule has 166 valence electrons. The van der Waals surface area contributed by atoms with Crippen LogP contribution in [0.4, 0.5) is 5.69 Å². The summed E-state index contributed by atoms with van der Waals surface area (Å²) in [6, 6.07) is 6.33. The second-order valence-electron chi connectivity index (χ2n) is 5.99. The normalized spacial score (nSPS) is 10.4. The van der Waals surface area contributed by atoms with Crippen molar-refractivity contribution in [3.8, 4) is 28.7 Å². The predicted octanol–water partition coefficient (Wildman–Crippen LogP) is 3.17. The van der Waals surface area contributed by atoms with Gasteiger partial charge in [0.2, 0.25) is 11.7 Å². The van der Waals surface area contributed by atoms with Crippen molar-refractivity contribution in [2.75, 3.05) is 48.0 Å². The molecule has 31 heavy (non-hydrogen) atoms. The average molecular weight is 431 g/mol. The van der Waals surface area contributed by atoms with Crippen molar-refractivity contribution in [3.63, 3.8) is 0 Å². The first-order chi connectivity index (χ1) is 14.9. The Hall–Kier alpha value is -3.88. The van der Waals surface area contributed by atoms with Crippen molar-refractivity contribution in [1.82, 2.24) is 0 Å². The number of nitrogens with one attached hydrogen (secondary N) is 1. The zero-order chi connectivity index (χ0) is 23.0. The van der Waals surface area contributed by atoms with E-state index in [2.05, 4.69) is 5.32 Å². The Labute approximate surface area is 180 Å². The standard InChI is InChI=1S/C22H25NO8/c1-26-16-9-7-13(20(29-4)21(16)30-5)8-10-19(24)23-15-12-18(28-3)17(27-2)11-14(15)22(25)31-6/h7-12H,1-6H3,(H,23,24)/b10-8+. The Balaban J connectivity index is 2.36. The summed E-state index contributed by atoms with van der Waals surface area (Å²) in [5, 5.41) is 2.65. The van der Waals surface area contributed by atoms with Crippen molar-refractivity contribution in [1.29, 1.82) is 0 Å². The molecule has 0 aromatic heterocycles. The molecule has 0 aliphatic rings. The highest BCUT2D eigenvalue weighted by Gasteiger charge is 2.19. The van der Waals surface area contributed by atoms with E-state index in [0.29, 0.717) is 34.3 Å². The zero-order valence-electron chi connectivity index (χ0n) is 18.2. The molecule has 1 N–H and O–H groups in total. The number of carbonyl (C=O) groups is 2. The van der Waals surface area contributed by atoms with Crippen LogP contribution in [0.25, 0.3) is 6.08 Å². The summed E-state index contributed by atoms with van der Waals surface area (Å²) in [5.74, 6) is 0.847. The third kappa shape index (κ3) is 5.19. The zero-order valence-corrected chi connectivity index (χ0v) is 18.2. The largest absolute Gasteiger partial charge is 0.493 e. The molecule has 0 fully saturated rings. The minimum absolute atomic E-state index is 0.116. The SMILES string of the molecule is COC(=O)c1cc(OC)c(OC)cc1NC(=O)/C=C/c1ccc(OC)c(OC)c1OC. The number of benzene rings is 2. The monoisotopic (exact) mass is 431 g/mol. The lowest BCUT2D eigenvalue weighted by Crippen LogP contribution is -2.13. The Bertz CT molecular complexity index is 984. The first kappa shape index (κ1) is 23.4. The molecule has 0 bridgehead atoms. The van der Waals surface area contributed by atoms with Gasteiger partial charge in [-0.15, -0.1) is 0 Å². The Morgan fingerprint density at radius 3 is 1.94 bits per heavy atom. The van der Waals surface area contributed by atoms with Gasteiger partial charge >= 0.3 is 5.97 Å². The van der Waals surface area contributed by atoms with Gasteiger partial charge < -0.3 is 33.7 Å². The van der Waals surface area contributed by atoms with E-state index >= 15 is 0 Å². The van der Waals surface area contributed by atoms with Gasteiger partial charge in [0.25, 0.3) is 0 Å². The number of methoxy groups -OCH3 is 6. The lowest BCUT2D eigenvalue weighted by atomic mass is 10.1. The maximum Gasteiger partial charge on any atom is 0.340 e. The van der Waals surface area contributed by atoms with Gasteiger partial charge in [-0.2, -0.15) is 0 Å². The summed E-state index contributed by atoms with van der Waals surface area (Å²) in [6.45, 7) is 0. The van der Waals surface area contributed by atoms with Gasteiger partial charge in [0, 0.05) is 23.8 Å². The maximum atomic E-state index is 12.6. The number of anilines is 1. The second-order valence-corrected chi connectivity index (χ2v) is 5.99. The van der Waals surface area contributed by atoms with E-state index in [9.17, 15) is 9.59 Å². The van der Waals surface area contributed by atoms with E-state index in [1.807, 2.05) is 0 Å². The third-order valence-corrected chi connectivity index (χ3v) is 4.34. The number of hydrogen-bond donors (Lipinski definition) is 1. The van der Waals surface area contributed by atoms with Crippen LogP contribution in [0.5, 0.6) is 28.7 Å². The van der Waals surface area contributed by atoms with E-state index in [1.165, 1.54) is 60.9 Å². The average Bonchev–Trinajstić information content (AvgIpc) is 2.80. The number of hydrogen-bond acceptors (Lipinski definition) is 8. The molecule has 0 heterocycles. The molecule has 0 aliphatic carbocycles. The number of esters is 1. The minimum Gasteiger partial charge on any atom is -0.493 e. The molecule has 0 saturated heterocycles. The van der Waals surface area contributed by atoms with Crippen LogP contribution in [0, 0.1) is 0 Å². The van der Waals surface area contributed by atoms with Crippen LogP contribution in [-0.4, -0.2) is 54.5 Å². The van der Waals surface area contributed by atoms with E-state index < -0.39 is 11.9 Å². The van der Waals surface area contributed by atoms with Crippen LogP contribution in [0.15, 0.2) is 30.3 Å². The summed E-state index contributed by atoms with van der Waals surface area (Å²) >= 11 is 0. The van der Waals surface area contributed by atoms with Crippen molar-refractivity contribution in [3.05, 3.63) is 41.5 Å². The summed E-state index contributed by atoms with van der Waals surface area (Å²) in [6.07, 6.45) is 2.84. The topological polar surface area (TPSA) is 102 Å². The van der Waals surface area contributed by atoms with Crippen LogP contribution in [0.2, 0.25) is 0 Å². The van der Waals surface area contributed by atoms with Crippen LogP contribution in [0.3, 0.4) is 0 Å². The number of rotatable bonds is 9. The van der Waals surface area contributed by atoms with Crippen molar-refractivity contribution >= 4 is 23.6 Å². The lowest BCUT2D eigenvalue weighted by molar-refractivity contribution is -0.111. The van der Waals surface area contributed by atoms with Crippen molar-refractivity contribution in [2.24, 2.45) is 0 Å². The number of carbonyl (C=O) groups excluding carboxylic acids is 2. The molecule has 0 saturated carbocycles. The highest BCUT2D eigenvalue weighted by molar-refractivity contribution is 6.07. The molecular formula is C22H25NO8.